The zero-order valence-electron chi connectivity index (χ0n) is 11.4. The largest absolute Gasteiger partial charge is 0.368 e. The SMILES string of the molecule is CCNC(C)(CC(C)Sc1ccc(Cl)cn1)C(N)=O. The Kier molecular flexibility index (Phi) is 6.10. The van der Waals surface area contributed by atoms with Gasteiger partial charge >= 0.3 is 0 Å². The number of hydrogen-bond donors (Lipinski definition) is 2. The number of nitrogens with two attached hydrogens (primary N) is 1. The zero-order valence-corrected chi connectivity index (χ0v) is 13.0. The minimum Gasteiger partial charge on any atom is -0.368 e. The van der Waals surface area contributed by atoms with Crippen LogP contribution in [0.25, 0.3) is 0 Å². The first kappa shape index (κ1) is 16.3. The molecule has 1 amide bonds. The van der Waals surface area contributed by atoms with Gasteiger partial charge in [-0.3, -0.25) is 4.79 Å². The molecule has 1 rings (SSSR count). The maximum Gasteiger partial charge on any atom is 0.237 e. The number of carbonyl (C=O) groups excluding carboxylic acids is 1. The number of likely N-dealkylation sites (N-methyl/N-ethyl adjacent to an activating group) is 1. The van der Waals surface area contributed by atoms with Gasteiger partial charge in [0.2, 0.25) is 5.91 Å². The predicted molar refractivity (Wildman–Crippen MR) is 80.5 cm³/mol. The van der Waals surface area contributed by atoms with Gasteiger partial charge in [0.25, 0.3) is 0 Å². The van der Waals surface area contributed by atoms with Gasteiger partial charge in [-0.1, -0.05) is 25.4 Å². The molecule has 1 aromatic rings. The Hall–Kier alpha value is -0.780. The molecule has 4 nitrogen and oxygen atoms in total. The molecular formula is C13H20ClN3OS. The van der Waals surface area contributed by atoms with Crippen molar-refractivity contribution in [1.82, 2.24) is 10.3 Å². The molecule has 106 valence electrons. The smallest absolute Gasteiger partial charge is 0.237 e. The molecule has 0 bridgehead atoms. The van der Waals surface area contributed by atoms with Crippen molar-refractivity contribution < 1.29 is 4.79 Å². The first-order valence-corrected chi connectivity index (χ1v) is 7.46. The molecule has 0 aliphatic rings. The highest BCUT2D eigenvalue weighted by Crippen LogP contribution is 2.27. The van der Waals surface area contributed by atoms with E-state index >= 15 is 0 Å². The number of aromatic nitrogens is 1. The third kappa shape index (κ3) is 5.01. The van der Waals surface area contributed by atoms with Crippen LogP contribution in [0, 0.1) is 0 Å². The Balaban J connectivity index is 2.65. The van der Waals surface area contributed by atoms with E-state index in [9.17, 15) is 4.79 Å². The molecule has 0 spiro atoms. The average Bonchev–Trinajstić information content (AvgIpc) is 2.32. The summed E-state index contributed by atoms with van der Waals surface area (Å²) >= 11 is 7.40. The quantitative estimate of drug-likeness (QED) is 0.759. The summed E-state index contributed by atoms with van der Waals surface area (Å²) in [6, 6.07) is 3.68. The van der Waals surface area contributed by atoms with Gasteiger partial charge in [0.1, 0.15) is 0 Å². The maximum absolute atomic E-state index is 11.6. The fourth-order valence-electron chi connectivity index (χ4n) is 1.90. The highest BCUT2D eigenvalue weighted by molar-refractivity contribution is 7.99. The van der Waals surface area contributed by atoms with Gasteiger partial charge in [0.15, 0.2) is 0 Å². The van der Waals surface area contributed by atoms with Crippen molar-refractivity contribution in [2.45, 2.75) is 43.0 Å². The van der Waals surface area contributed by atoms with E-state index in [0.717, 1.165) is 5.03 Å². The molecule has 19 heavy (non-hydrogen) atoms. The number of hydrogen-bond acceptors (Lipinski definition) is 4. The van der Waals surface area contributed by atoms with E-state index in [-0.39, 0.29) is 11.2 Å². The van der Waals surface area contributed by atoms with E-state index in [0.29, 0.717) is 18.0 Å². The Morgan fingerprint density at radius 1 is 1.63 bits per heavy atom. The van der Waals surface area contributed by atoms with Crippen LogP contribution in [0.15, 0.2) is 23.4 Å². The lowest BCUT2D eigenvalue weighted by Gasteiger charge is -2.29. The average molecular weight is 302 g/mol. The molecule has 0 aliphatic heterocycles. The second kappa shape index (κ2) is 7.12. The molecule has 1 aromatic heterocycles. The summed E-state index contributed by atoms with van der Waals surface area (Å²) in [6.07, 6.45) is 2.26. The number of nitrogens with one attached hydrogen (secondary N) is 1. The summed E-state index contributed by atoms with van der Waals surface area (Å²) in [4.78, 5) is 15.8. The topological polar surface area (TPSA) is 68.0 Å². The van der Waals surface area contributed by atoms with Gasteiger partial charge in [-0.2, -0.15) is 0 Å². The van der Waals surface area contributed by atoms with Crippen LogP contribution in [0.4, 0.5) is 0 Å². The number of carbonyl (C=O) groups is 1. The number of pyridine rings is 1. The third-order valence-corrected chi connectivity index (χ3v) is 4.10. The standard InChI is InChI=1S/C13H20ClN3OS/c1-4-17-13(3,12(15)18)7-9(2)19-11-6-5-10(14)8-16-11/h5-6,8-9,17H,4,7H2,1-3H3,(H2,15,18). The number of halogens is 1. The van der Waals surface area contributed by atoms with E-state index in [2.05, 4.69) is 17.2 Å². The second-order valence-corrected chi connectivity index (χ2v) is 6.57. The monoisotopic (exact) mass is 301 g/mol. The summed E-state index contributed by atoms with van der Waals surface area (Å²) in [5.74, 6) is -0.328. The molecule has 6 heteroatoms. The van der Waals surface area contributed by atoms with Gasteiger partial charge in [-0.15, -0.1) is 11.8 Å². The number of rotatable bonds is 7. The summed E-state index contributed by atoms with van der Waals surface area (Å²) in [5.41, 5.74) is 4.79. The Morgan fingerprint density at radius 3 is 2.79 bits per heavy atom. The summed E-state index contributed by atoms with van der Waals surface area (Å²) < 4.78 is 0. The Morgan fingerprint density at radius 2 is 2.32 bits per heavy atom. The highest BCUT2D eigenvalue weighted by atomic mass is 35.5. The fourth-order valence-corrected chi connectivity index (χ4v) is 3.11. The number of nitrogens with zero attached hydrogens (tertiary/aromatic N) is 1. The van der Waals surface area contributed by atoms with Crippen LogP contribution < -0.4 is 11.1 Å². The van der Waals surface area contributed by atoms with Crippen molar-refractivity contribution in [1.29, 1.82) is 0 Å². The van der Waals surface area contributed by atoms with Gasteiger partial charge in [0.05, 0.1) is 15.6 Å². The van der Waals surface area contributed by atoms with Gasteiger partial charge < -0.3 is 11.1 Å². The van der Waals surface area contributed by atoms with Crippen LogP contribution in [-0.2, 0) is 4.79 Å². The van der Waals surface area contributed by atoms with Crippen LogP contribution in [-0.4, -0.2) is 28.2 Å². The molecule has 2 unspecified atom stereocenters. The Bertz CT molecular complexity index is 426. The third-order valence-electron chi connectivity index (χ3n) is 2.83. The molecule has 0 radical (unpaired) electrons. The first-order chi connectivity index (χ1) is 8.87. The van der Waals surface area contributed by atoms with Crippen LogP contribution in [0.2, 0.25) is 5.02 Å². The molecule has 0 saturated carbocycles. The van der Waals surface area contributed by atoms with Crippen LogP contribution in [0.3, 0.4) is 0 Å². The molecular weight excluding hydrogens is 282 g/mol. The lowest BCUT2D eigenvalue weighted by molar-refractivity contribution is -0.124. The van der Waals surface area contributed by atoms with Crippen LogP contribution in [0.5, 0.6) is 0 Å². The van der Waals surface area contributed by atoms with E-state index < -0.39 is 5.54 Å². The summed E-state index contributed by atoms with van der Waals surface area (Å²) in [7, 11) is 0. The first-order valence-electron chi connectivity index (χ1n) is 6.20. The van der Waals surface area contributed by atoms with Crippen molar-refractivity contribution in [2.24, 2.45) is 5.73 Å². The lowest BCUT2D eigenvalue weighted by Crippen LogP contribution is -2.54. The normalized spacial score (nSPS) is 15.8. The second-order valence-electron chi connectivity index (χ2n) is 4.67. The van der Waals surface area contributed by atoms with Crippen molar-refractivity contribution in [2.75, 3.05) is 6.54 Å². The maximum atomic E-state index is 11.6. The summed E-state index contributed by atoms with van der Waals surface area (Å²) in [6.45, 7) is 6.56. The van der Waals surface area contributed by atoms with Crippen molar-refractivity contribution in [3.8, 4) is 0 Å². The van der Waals surface area contributed by atoms with Crippen molar-refractivity contribution in [3.63, 3.8) is 0 Å². The number of amides is 1. The molecule has 0 aliphatic carbocycles. The molecule has 0 fully saturated rings. The molecule has 3 N–H and O–H groups in total. The highest BCUT2D eigenvalue weighted by Gasteiger charge is 2.32. The molecule has 0 aromatic carbocycles. The van der Waals surface area contributed by atoms with E-state index in [4.69, 9.17) is 17.3 Å². The molecule has 2 atom stereocenters. The van der Waals surface area contributed by atoms with Gasteiger partial charge in [-0.05, 0) is 32.0 Å². The number of thioether (sulfide) groups is 1. The lowest BCUT2D eigenvalue weighted by atomic mass is 9.95. The minimum absolute atomic E-state index is 0.213. The van der Waals surface area contributed by atoms with Gasteiger partial charge in [0, 0.05) is 11.4 Å². The van der Waals surface area contributed by atoms with Crippen LogP contribution in [0.1, 0.15) is 27.2 Å². The summed E-state index contributed by atoms with van der Waals surface area (Å²) in [5, 5.41) is 4.87. The van der Waals surface area contributed by atoms with Crippen LogP contribution >= 0.6 is 23.4 Å². The van der Waals surface area contributed by atoms with E-state index in [1.54, 1.807) is 24.0 Å². The van der Waals surface area contributed by atoms with E-state index in [1.165, 1.54) is 0 Å². The van der Waals surface area contributed by atoms with E-state index in [1.807, 2.05) is 19.9 Å². The van der Waals surface area contributed by atoms with Gasteiger partial charge in [-0.25, -0.2) is 4.98 Å². The molecule has 0 saturated heterocycles. The molecule has 1 heterocycles. The predicted octanol–water partition coefficient (Wildman–Crippen LogP) is 2.46. The minimum atomic E-state index is -0.687. The fraction of sp³-hybridized carbons (Fsp3) is 0.538. The van der Waals surface area contributed by atoms with Crippen molar-refractivity contribution in [3.05, 3.63) is 23.4 Å². The number of primary amides is 1. The Labute approximate surface area is 123 Å². The zero-order chi connectivity index (χ0) is 14.5. The van der Waals surface area contributed by atoms with Crippen molar-refractivity contribution >= 4 is 29.3 Å².